The molecule has 1 saturated heterocycles. The number of aliphatic hydroxyl groups is 1. The lowest BCUT2D eigenvalue weighted by molar-refractivity contribution is -0.0600. The Hall–Kier alpha value is -0.810. The average molecular weight is 188 g/mol. The lowest BCUT2D eigenvalue weighted by Crippen LogP contribution is -2.48. The predicted octanol–water partition coefficient (Wildman–Crippen LogP) is -0.543. The summed E-state index contributed by atoms with van der Waals surface area (Å²) in [5.41, 5.74) is -0.787. The van der Waals surface area contributed by atoms with E-state index < -0.39 is 5.60 Å². The molecule has 5 nitrogen and oxygen atoms in total. The largest absolute Gasteiger partial charge is 0.388 e. The summed E-state index contributed by atoms with van der Waals surface area (Å²) in [6.07, 6.45) is 1.16. The zero-order valence-corrected chi connectivity index (χ0v) is 7.80. The third-order valence-electron chi connectivity index (χ3n) is 2.23. The highest BCUT2D eigenvalue weighted by Gasteiger charge is 2.29. The lowest BCUT2D eigenvalue weighted by Gasteiger charge is -2.31. The minimum Gasteiger partial charge on any atom is -0.388 e. The summed E-state index contributed by atoms with van der Waals surface area (Å²) in [5, 5.41) is 14.9. The Bertz CT molecular complexity index is 178. The predicted molar refractivity (Wildman–Crippen MR) is 47.5 cm³/mol. The van der Waals surface area contributed by atoms with Crippen molar-refractivity contribution in [3.8, 4) is 0 Å². The molecule has 13 heavy (non-hydrogen) atoms. The number of hydrogen-bond acceptors (Lipinski definition) is 3. The first-order chi connectivity index (χ1) is 6.16. The van der Waals surface area contributed by atoms with Gasteiger partial charge in [0.05, 0.1) is 5.60 Å². The Morgan fingerprint density at radius 2 is 2.15 bits per heavy atom. The molecule has 1 fully saturated rings. The van der Waals surface area contributed by atoms with Gasteiger partial charge in [-0.1, -0.05) is 0 Å². The average Bonchev–Trinajstić information content (AvgIpc) is 2.15. The van der Waals surface area contributed by atoms with Gasteiger partial charge in [0, 0.05) is 39.6 Å². The van der Waals surface area contributed by atoms with E-state index in [0.29, 0.717) is 26.1 Å². The van der Waals surface area contributed by atoms with Crippen LogP contribution >= 0.6 is 0 Å². The number of hydrogen-bond donors (Lipinski definition) is 3. The summed E-state index contributed by atoms with van der Waals surface area (Å²) < 4.78 is 5.11. The van der Waals surface area contributed by atoms with E-state index in [1.165, 1.54) is 0 Å². The molecule has 0 spiro atoms. The van der Waals surface area contributed by atoms with Gasteiger partial charge in [-0.2, -0.15) is 0 Å². The fourth-order valence-electron chi connectivity index (χ4n) is 1.26. The van der Waals surface area contributed by atoms with Crippen LogP contribution in [-0.4, -0.2) is 43.5 Å². The smallest absolute Gasteiger partial charge is 0.314 e. The highest BCUT2D eigenvalue weighted by Crippen LogP contribution is 2.18. The van der Waals surface area contributed by atoms with Gasteiger partial charge < -0.3 is 20.5 Å². The van der Waals surface area contributed by atoms with E-state index in [1.54, 1.807) is 7.05 Å². The number of carbonyl (C=O) groups is 1. The number of urea groups is 1. The highest BCUT2D eigenvalue weighted by molar-refractivity contribution is 5.73. The van der Waals surface area contributed by atoms with Crippen molar-refractivity contribution >= 4 is 6.03 Å². The molecule has 0 unspecified atom stereocenters. The molecule has 0 atom stereocenters. The van der Waals surface area contributed by atoms with Crippen LogP contribution in [0.15, 0.2) is 0 Å². The van der Waals surface area contributed by atoms with Crippen molar-refractivity contribution in [1.82, 2.24) is 10.6 Å². The normalized spacial score (nSPS) is 20.8. The SMILES string of the molecule is CNC(=O)NCC1(O)CCOCC1. The number of rotatable bonds is 2. The van der Waals surface area contributed by atoms with Crippen molar-refractivity contribution in [2.24, 2.45) is 0 Å². The van der Waals surface area contributed by atoms with Gasteiger partial charge in [-0.15, -0.1) is 0 Å². The molecule has 2 amide bonds. The molecule has 0 saturated carbocycles. The van der Waals surface area contributed by atoms with Gasteiger partial charge in [0.15, 0.2) is 0 Å². The van der Waals surface area contributed by atoms with Crippen molar-refractivity contribution < 1.29 is 14.6 Å². The van der Waals surface area contributed by atoms with E-state index in [9.17, 15) is 9.90 Å². The lowest BCUT2D eigenvalue weighted by atomic mass is 9.94. The molecule has 5 heteroatoms. The molecule has 0 radical (unpaired) electrons. The number of nitrogens with one attached hydrogen (secondary N) is 2. The van der Waals surface area contributed by atoms with Crippen LogP contribution in [0.4, 0.5) is 4.79 Å². The van der Waals surface area contributed by atoms with Crippen LogP contribution in [0.5, 0.6) is 0 Å². The molecule has 76 valence electrons. The van der Waals surface area contributed by atoms with Crippen molar-refractivity contribution in [3.05, 3.63) is 0 Å². The van der Waals surface area contributed by atoms with E-state index in [-0.39, 0.29) is 12.6 Å². The molecule has 0 aliphatic carbocycles. The molecule has 1 aliphatic heterocycles. The maximum atomic E-state index is 10.8. The van der Waals surface area contributed by atoms with Gasteiger partial charge in [0.2, 0.25) is 0 Å². The standard InChI is InChI=1S/C8H16N2O3/c1-9-7(11)10-6-8(12)2-4-13-5-3-8/h12H,2-6H2,1H3,(H2,9,10,11). The topological polar surface area (TPSA) is 70.6 Å². The summed E-state index contributed by atoms with van der Waals surface area (Å²) in [7, 11) is 1.55. The second-order valence-corrected chi connectivity index (χ2v) is 3.27. The zero-order valence-electron chi connectivity index (χ0n) is 7.80. The molecule has 1 heterocycles. The van der Waals surface area contributed by atoms with Gasteiger partial charge in [0.25, 0.3) is 0 Å². The van der Waals surface area contributed by atoms with Crippen LogP contribution in [0, 0.1) is 0 Å². The van der Waals surface area contributed by atoms with Gasteiger partial charge in [-0.25, -0.2) is 4.79 Å². The highest BCUT2D eigenvalue weighted by atomic mass is 16.5. The van der Waals surface area contributed by atoms with E-state index >= 15 is 0 Å². The van der Waals surface area contributed by atoms with Gasteiger partial charge >= 0.3 is 6.03 Å². The number of ether oxygens (including phenoxy) is 1. The molecular formula is C8H16N2O3. The Morgan fingerprint density at radius 1 is 1.54 bits per heavy atom. The first-order valence-corrected chi connectivity index (χ1v) is 4.42. The van der Waals surface area contributed by atoms with Crippen LogP contribution in [0.1, 0.15) is 12.8 Å². The Balaban J connectivity index is 2.28. The van der Waals surface area contributed by atoms with Gasteiger partial charge in [0.1, 0.15) is 0 Å². The van der Waals surface area contributed by atoms with E-state index in [2.05, 4.69) is 10.6 Å². The van der Waals surface area contributed by atoms with Crippen LogP contribution in [0.25, 0.3) is 0 Å². The molecule has 0 bridgehead atoms. The molecule has 3 N–H and O–H groups in total. The van der Waals surface area contributed by atoms with Crippen LogP contribution in [0.3, 0.4) is 0 Å². The molecule has 0 aromatic carbocycles. The molecule has 1 rings (SSSR count). The summed E-state index contributed by atoms with van der Waals surface area (Å²) in [6, 6.07) is -0.264. The van der Waals surface area contributed by atoms with Gasteiger partial charge in [-0.3, -0.25) is 0 Å². The van der Waals surface area contributed by atoms with Crippen molar-refractivity contribution in [2.45, 2.75) is 18.4 Å². The Labute approximate surface area is 77.5 Å². The minimum absolute atomic E-state index is 0.264. The van der Waals surface area contributed by atoms with Gasteiger partial charge in [-0.05, 0) is 0 Å². The summed E-state index contributed by atoms with van der Waals surface area (Å²) in [4.78, 5) is 10.8. The first kappa shape index (κ1) is 10.3. The van der Waals surface area contributed by atoms with Crippen LogP contribution in [-0.2, 0) is 4.74 Å². The first-order valence-electron chi connectivity index (χ1n) is 4.42. The van der Waals surface area contributed by atoms with E-state index in [1.807, 2.05) is 0 Å². The van der Waals surface area contributed by atoms with E-state index in [0.717, 1.165) is 0 Å². The maximum absolute atomic E-state index is 10.8. The third kappa shape index (κ3) is 3.20. The maximum Gasteiger partial charge on any atom is 0.314 e. The minimum atomic E-state index is -0.787. The quantitative estimate of drug-likeness (QED) is 0.545. The van der Waals surface area contributed by atoms with Crippen LogP contribution < -0.4 is 10.6 Å². The number of carbonyl (C=O) groups excluding carboxylic acids is 1. The van der Waals surface area contributed by atoms with Crippen molar-refractivity contribution in [1.29, 1.82) is 0 Å². The molecular weight excluding hydrogens is 172 g/mol. The fraction of sp³-hybridized carbons (Fsp3) is 0.875. The Morgan fingerprint density at radius 3 is 2.69 bits per heavy atom. The van der Waals surface area contributed by atoms with Crippen molar-refractivity contribution in [2.75, 3.05) is 26.8 Å². The summed E-state index contributed by atoms with van der Waals surface area (Å²) in [6.45, 7) is 1.41. The second kappa shape index (κ2) is 4.43. The summed E-state index contributed by atoms with van der Waals surface area (Å²) >= 11 is 0. The van der Waals surface area contributed by atoms with Crippen LogP contribution in [0.2, 0.25) is 0 Å². The molecule has 0 aromatic rings. The molecule has 0 aromatic heterocycles. The van der Waals surface area contributed by atoms with Crippen molar-refractivity contribution in [3.63, 3.8) is 0 Å². The zero-order chi connectivity index (χ0) is 9.73. The summed E-state index contributed by atoms with van der Waals surface area (Å²) in [5.74, 6) is 0. The fourth-order valence-corrected chi connectivity index (χ4v) is 1.26. The molecule has 1 aliphatic rings. The number of amides is 2. The third-order valence-corrected chi connectivity index (χ3v) is 2.23. The van der Waals surface area contributed by atoms with E-state index in [4.69, 9.17) is 4.74 Å². The Kier molecular flexibility index (Phi) is 3.50. The monoisotopic (exact) mass is 188 g/mol. The second-order valence-electron chi connectivity index (χ2n) is 3.27.